The maximum Gasteiger partial charge on any atom is 0.340 e. The number of nitrogens with one attached hydrogen (secondary N) is 2. The molecule has 34 heavy (non-hydrogen) atoms. The largest absolute Gasteiger partial charge is 0.452 e. The van der Waals surface area contributed by atoms with Gasteiger partial charge in [-0.2, -0.15) is 0 Å². The number of nitro groups is 1. The smallest absolute Gasteiger partial charge is 0.340 e. The number of allylic oxidation sites excluding steroid dienone is 1. The number of anilines is 1. The highest BCUT2D eigenvalue weighted by atomic mass is 32.2. The van der Waals surface area contributed by atoms with Gasteiger partial charge in [-0.3, -0.25) is 19.6 Å². The fourth-order valence-electron chi connectivity index (χ4n) is 3.47. The number of benzene rings is 2. The summed E-state index contributed by atoms with van der Waals surface area (Å²) in [6.07, 6.45) is 7.39. The Morgan fingerprint density at radius 2 is 1.88 bits per heavy atom. The lowest BCUT2D eigenvalue weighted by molar-refractivity contribution is -0.385. The molecular formula is C23H25N3O7S. The molecule has 0 bridgehead atoms. The normalized spacial score (nSPS) is 13.5. The number of sulfonamides is 1. The Labute approximate surface area is 197 Å². The third-order valence-electron chi connectivity index (χ3n) is 5.22. The zero-order valence-corrected chi connectivity index (χ0v) is 19.2. The van der Waals surface area contributed by atoms with Gasteiger partial charge < -0.3 is 10.1 Å². The van der Waals surface area contributed by atoms with Gasteiger partial charge in [-0.05, 0) is 50.3 Å². The molecule has 0 fully saturated rings. The molecule has 1 aliphatic rings. The van der Waals surface area contributed by atoms with Crippen LogP contribution in [-0.2, 0) is 19.6 Å². The number of hydrogen-bond acceptors (Lipinski definition) is 7. The minimum absolute atomic E-state index is 0.0800. The van der Waals surface area contributed by atoms with Crippen LogP contribution in [0.1, 0.15) is 42.5 Å². The topological polar surface area (TPSA) is 145 Å². The van der Waals surface area contributed by atoms with E-state index < -0.39 is 33.4 Å². The minimum Gasteiger partial charge on any atom is -0.452 e. The molecule has 0 aromatic heterocycles. The van der Waals surface area contributed by atoms with Gasteiger partial charge in [-0.1, -0.05) is 29.8 Å². The van der Waals surface area contributed by atoms with Gasteiger partial charge in [-0.25, -0.2) is 13.2 Å². The van der Waals surface area contributed by atoms with Crippen LogP contribution in [0.2, 0.25) is 0 Å². The van der Waals surface area contributed by atoms with E-state index in [0.29, 0.717) is 6.54 Å². The van der Waals surface area contributed by atoms with Crippen molar-refractivity contribution in [2.24, 2.45) is 0 Å². The van der Waals surface area contributed by atoms with Gasteiger partial charge in [-0.15, -0.1) is 0 Å². The molecule has 1 aliphatic carbocycles. The summed E-state index contributed by atoms with van der Waals surface area (Å²) in [4.78, 5) is 34.5. The Hall–Kier alpha value is -3.73. The number of nitrogens with zero attached hydrogens (tertiary/aromatic N) is 1. The van der Waals surface area contributed by atoms with Gasteiger partial charge >= 0.3 is 5.97 Å². The van der Waals surface area contributed by atoms with Crippen LogP contribution in [0.15, 0.2) is 65.1 Å². The van der Waals surface area contributed by atoms with Crippen LogP contribution in [-0.4, -0.2) is 38.4 Å². The van der Waals surface area contributed by atoms with Gasteiger partial charge in [0.15, 0.2) is 6.61 Å². The first-order chi connectivity index (χ1) is 16.3. The molecule has 0 radical (unpaired) electrons. The van der Waals surface area contributed by atoms with E-state index in [-0.39, 0.29) is 21.8 Å². The van der Waals surface area contributed by atoms with Crippen molar-refractivity contribution in [3.63, 3.8) is 0 Å². The van der Waals surface area contributed by atoms with E-state index in [1.165, 1.54) is 54.5 Å². The molecule has 3 rings (SSSR count). The molecule has 0 saturated heterocycles. The number of nitro benzene ring substituents is 1. The fourth-order valence-corrected chi connectivity index (χ4v) is 4.59. The van der Waals surface area contributed by atoms with E-state index in [4.69, 9.17) is 4.74 Å². The molecule has 0 spiro atoms. The van der Waals surface area contributed by atoms with Crippen molar-refractivity contribution in [3.05, 3.63) is 75.9 Å². The number of carbonyl (C=O) groups excluding carboxylic acids is 2. The Morgan fingerprint density at radius 3 is 2.62 bits per heavy atom. The monoisotopic (exact) mass is 487 g/mol. The maximum absolute atomic E-state index is 12.7. The first kappa shape index (κ1) is 24.9. The predicted molar refractivity (Wildman–Crippen MR) is 125 cm³/mol. The maximum atomic E-state index is 12.7. The molecule has 0 unspecified atom stereocenters. The van der Waals surface area contributed by atoms with E-state index in [0.717, 1.165) is 31.7 Å². The van der Waals surface area contributed by atoms with Gasteiger partial charge in [0, 0.05) is 18.7 Å². The summed E-state index contributed by atoms with van der Waals surface area (Å²) < 4.78 is 32.7. The summed E-state index contributed by atoms with van der Waals surface area (Å²) in [6.45, 7) is -0.0638. The molecule has 10 nitrogen and oxygen atoms in total. The van der Waals surface area contributed by atoms with Crippen LogP contribution in [0.3, 0.4) is 0 Å². The Balaban J connectivity index is 1.60. The number of para-hydroxylation sites is 1. The summed E-state index contributed by atoms with van der Waals surface area (Å²) >= 11 is 0. The SMILES string of the molecule is O=C(COC(=O)c1ccccc1NS(=O)(=O)c1cccc([N+](=O)[O-])c1)NCCC1=CCCCC1. The number of ether oxygens (including phenoxy) is 1. The van der Waals surface area contributed by atoms with E-state index in [9.17, 15) is 28.1 Å². The van der Waals surface area contributed by atoms with Crippen LogP contribution in [0.25, 0.3) is 0 Å². The number of carbonyl (C=O) groups is 2. The van der Waals surface area contributed by atoms with Gasteiger partial charge in [0.25, 0.3) is 21.6 Å². The molecule has 2 aromatic rings. The first-order valence-corrected chi connectivity index (χ1v) is 12.2. The van der Waals surface area contributed by atoms with Gasteiger partial charge in [0.05, 0.1) is 21.1 Å². The van der Waals surface area contributed by atoms with Crippen molar-refractivity contribution in [1.82, 2.24) is 5.32 Å². The summed E-state index contributed by atoms with van der Waals surface area (Å²) in [5, 5.41) is 13.7. The summed E-state index contributed by atoms with van der Waals surface area (Å²) in [5.74, 6) is -1.35. The van der Waals surface area contributed by atoms with Gasteiger partial charge in [0.2, 0.25) is 0 Å². The predicted octanol–water partition coefficient (Wildman–Crippen LogP) is 3.56. The first-order valence-electron chi connectivity index (χ1n) is 10.7. The highest BCUT2D eigenvalue weighted by Crippen LogP contribution is 2.23. The molecule has 0 saturated carbocycles. The van der Waals surface area contributed by atoms with E-state index in [2.05, 4.69) is 16.1 Å². The van der Waals surface area contributed by atoms with E-state index in [1.807, 2.05) is 0 Å². The summed E-state index contributed by atoms with van der Waals surface area (Å²) in [7, 11) is -4.23. The van der Waals surface area contributed by atoms with Crippen LogP contribution >= 0.6 is 0 Å². The Kier molecular flexibility index (Phi) is 8.36. The van der Waals surface area contributed by atoms with Crippen molar-refractivity contribution in [1.29, 1.82) is 0 Å². The third-order valence-corrected chi connectivity index (χ3v) is 6.58. The average Bonchev–Trinajstić information content (AvgIpc) is 2.83. The molecule has 1 amide bonds. The number of non-ortho nitro benzene ring substituents is 1. The Bertz CT molecular complexity index is 1210. The second-order valence-corrected chi connectivity index (χ2v) is 9.37. The number of esters is 1. The van der Waals surface area contributed by atoms with E-state index >= 15 is 0 Å². The van der Waals surface area contributed by atoms with Crippen molar-refractivity contribution in [3.8, 4) is 0 Å². The average molecular weight is 488 g/mol. The zero-order chi connectivity index (χ0) is 24.6. The van der Waals surface area contributed by atoms with Crippen molar-refractivity contribution in [2.75, 3.05) is 17.9 Å². The highest BCUT2D eigenvalue weighted by Gasteiger charge is 2.21. The molecule has 0 heterocycles. The third kappa shape index (κ3) is 6.88. The molecule has 11 heteroatoms. The molecular weight excluding hydrogens is 462 g/mol. The highest BCUT2D eigenvalue weighted by molar-refractivity contribution is 7.92. The van der Waals surface area contributed by atoms with Crippen molar-refractivity contribution < 1.29 is 27.7 Å². The lowest BCUT2D eigenvalue weighted by Crippen LogP contribution is -2.30. The number of rotatable bonds is 10. The standard InChI is InChI=1S/C23H25N3O7S/c27-22(24-14-13-17-7-2-1-3-8-17)16-33-23(28)20-11-4-5-12-21(20)25-34(31,32)19-10-6-9-18(15-19)26(29)30/h4-7,9-12,15,25H,1-3,8,13-14,16H2,(H,24,27). The minimum atomic E-state index is -4.23. The molecule has 180 valence electrons. The molecule has 2 aromatic carbocycles. The molecule has 2 N–H and O–H groups in total. The lowest BCUT2D eigenvalue weighted by atomic mass is 9.97. The van der Waals surface area contributed by atoms with Crippen LogP contribution in [0.4, 0.5) is 11.4 Å². The van der Waals surface area contributed by atoms with Crippen LogP contribution < -0.4 is 10.0 Å². The zero-order valence-electron chi connectivity index (χ0n) is 18.4. The van der Waals surface area contributed by atoms with Crippen molar-refractivity contribution in [2.45, 2.75) is 37.0 Å². The summed E-state index contributed by atoms with van der Waals surface area (Å²) in [6, 6.07) is 10.2. The second kappa shape index (κ2) is 11.4. The van der Waals surface area contributed by atoms with Gasteiger partial charge in [0.1, 0.15) is 0 Å². The summed E-state index contributed by atoms with van der Waals surface area (Å²) in [5.41, 5.74) is 0.746. The molecule has 0 aliphatic heterocycles. The lowest BCUT2D eigenvalue weighted by Gasteiger charge is -2.14. The van der Waals surface area contributed by atoms with E-state index in [1.54, 1.807) is 0 Å². The van der Waals surface area contributed by atoms with Crippen molar-refractivity contribution >= 4 is 33.3 Å². The quantitative estimate of drug-likeness (QED) is 0.226. The molecule has 0 atom stereocenters. The van der Waals surface area contributed by atoms with Crippen LogP contribution in [0, 0.1) is 10.1 Å². The number of hydrogen-bond donors (Lipinski definition) is 2. The second-order valence-electron chi connectivity index (χ2n) is 7.69. The Morgan fingerprint density at radius 1 is 1.09 bits per heavy atom. The fraction of sp³-hybridized carbons (Fsp3) is 0.304. The van der Waals surface area contributed by atoms with Crippen LogP contribution in [0.5, 0.6) is 0 Å². The number of amides is 1.